The van der Waals surface area contributed by atoms with Crippen molar-refractivity contribution in [2.75, 3.05) is 20.3 Å². The molecule has 9 nitrogen and oxygen atoms in total. The molecule has 0 aromatic carbocycles. The van der Waals surface area contributed by atoms with Crippen LogP contribution in [-0.2, 0) is 16.1 Å². The van der Waals surface area contributed by atoms with Crippen LogP contribution in [0.15, 0.2) is 6.20 Å². The second-order valence-corrected chi connectivity index (χ2v) is 4.42. The van der Waals surface area contributed by atoms with Gasteiger partial charge in [0, 0.05) is 13.2 Å². The van der Waals surface area contributed by atoms with E-state index in [1.54, 1.807) is 0 Å². The summed E-state index contributed by atoms with van der Waals surface area (Å²) in [7, 11) is 1.29. The van der Waals surface area contributed by atoms with Crippen LogP contribution in [0.1, 0.15) is 12.8 Å². The van der Waals surface area contributed by atoms with Crippen LogP contribution in [0.25, 0.3) is 0 Å². The van der Waals surface area contributed by atoms with Gasteiger partial charge in [0.05, 0.1) is 18.1 Å². The van der Waals surface area contributed by atoms with E-state index < -0.39 is 4.92 Å². The molecule has 1 aromatic heterocycles. The van der Waals surface area contributed by atoms with Crippen LogP contribution >= 0.6 is 0 Å². The highest BCUT2D eigenvalue weighted by atomic mass is 16.6. The fourth-order valence-electron chi connectivity index (χ4n) is 1.98. The first-order chi connectivity index (χ1) is 9.60. The van der Waals surface area contributed by atoms with Crippen LogP contribution in [0.2, 0.25) is 0 Å². The Morgan fingerprint density at radius 1 is 1.75 bits per heavy atom. The van der Waals surface area contributed by atoms with Gasteiger partial charge in [-0.05, 0) is 12.8 Å². The Balaban J connectivity index is 1.88. The van der Waals surface area contributed by atoms with Gasteiger partial charge < -0.3 is 14.8 Å². The summed E-state index contributed by atoms with van der Waals surface area (Å²) in [4.78, 5) is 21.8. The van der Waals surface area contributed by atoms with E-state index in [9.17, 15) is 14.9 Å². The largest absolute Gasteiger partial charge is 0.475 e. The Hall–Kier alpha value is -2.16. The van der Waals surface area contributed by atoms with Gasteiger partial charge in [-0.2, -0.15) is 0 Å². The molecule has 0 spiro atoms. The normalized spacial score (nSPS) is 17.9. The van der Waals surface area contributed by atoms with Gasteiger partial charge in [-0.1, -0.05) is 0 Å². The molecule has 2 rings (SSSR count). The van der Waals surface area contributed by atoms with Crippen molar-refractivity contribution in [3.8, 4) is 5.88 Å². The van der Waals surface area contributed by atoms with E-state index in [0.717, 1.165) is 19.4 Å². The van der Waals surface area contributed by atoms with Crippen molar-refractivity contribution in [3.63, 3.8) is 0 Å². The second kappa shape index (κ2) is 6.33. The topological polar surface area (TPSA) is 109 Å². The molecule has 110 valence electrons. The molecule has 1 amide bonds. The number of aromatic nitrogens is 2. The summed E-state index contributed by atoms with van der Waals surface area (Å²) in [6, 6.07) is 0. The number of nitrogens with one attached hydrogen (secondary N) is 1. The van der Waals surface area contributed by atoms with Crippen molar-refractivity contribution in [3.05, 3.63) is 16.3 Å². The molecule has 1 aliphatic rings. The maximum atomic E-state index is 11.7. The Labute approximate surface area is 115 Å². The Morgan fingerprint density at radius 2 is 2.55 bits per heavy atom. The summed E-state index contributed by atoms with van der Waals surface area (Å²) in [5.41, 5.74) is -0.264. The lowest BCUT2D eigenvalue weighted by atomic mass is 10.2. The van der Waals surface area contributed by atoms with E-state index in [4.69, 9.17) is 9.47 Å². The third-order valence-corrected chi connectivity index (χ3v) is 2.96. The van der Waals surface area contributed by atoms with Crippen LogP contribution in [-0.4, -0.2) is 47.0 Å². The van der Waals surface area contributed by atoms with E-state index in [-0.39, 0.29) is 30.1 Å². The molecular formula is C11H16N4O5. The summed E-state index contributed by atoms with van der Waals surface area (Å²) >= 11 is 0. The maximum absolute atomic E-state index is 11.7. The van der Waals surface area contributed by atoms with Gasteiger partial charge in [0.2, 0.25) is 5.91 Å². The number of methoxy groups -OCH3 is 1. The van der Waals surface area contributed by atoms with Crippen LogP contribution in [0.4, 0.5) is 5.69 Å². The number of nitro groups is 1. The molecule has 20 heavy (non-hydrogen) atoms. The molecular weight excluding hydrogens is 268 g/mol. The molecule has 0 radical (unpaired) electrons. The predicted octanol–water partition coefficient (Wildman–Crippen LogP) is 0.0951. The van der Waals surface area contributed by atoms with E-state index in [0.29, 0.717) is 6.54 Å². The summed E-state index contributed by atoms with van der Waals surface area (Å²) < 4.78 is 11.3. The van der Waals surface area contributed by atoms with Gasteiger partial charge >= 0.3 is 11.6 Å². The number of hydrogen-bond acceptors (Lipinski definition) is 6. The highest BCUT2D eigenvalue weighted by Crippen LogP contribution is 2.23. The predicted molar refractivity (Wildman–Crippen MR) is 67.4 cm³/mol. The molecule has 1 N–H and O–H groups in total. The Morgan fingerprint density at radius 3 is 3.10 bits per heavy atom. The van der Waals surface area contributed by atoms with Crippen molar-refractivity contribution in [2.45, 2.75) is 25.5 Å². The Bertz CT molecular complexity index is 495. The molecule has 9 heteroatoms. The average Bonchev–Trinajstić information content (AvgIpc) is 3.05. The first-order valence-electron chi connectivity index (χ1n) is 6.24. The van der Waals surface area contributed by atoms with Crippen LogP contribution < -0.4 is 10.1 Å². The van der Waals surface area contributed by atoms with E-state index >= 15 is 0 Å². The zero-order chi connectivity index (χ0) is 14.5. The number of carbonyl (C=O) groups excluding carboxylic acids is 1. The molecule has 0 aliphatic carbocycles. The maximum Gasteiger partial charge on any atom is 0.350 e. The van der Waals surface area contributed by atoms with Gasteiger partial charge in [0.25, 0.3) is 0 Å². The summed E-state index contributed by atoms with van der Waals surface area (Å²) in [6.07, 6.45) is 3.16. The van der Waals surface area contributed by atoms with E-state index in [1.807, 2.05) is 0 Å². The van der Waals surface area contributed by atoms with Gasteiger partial charge in [0.1, 0.15) is 12.7 Å². The lowest BCUT2D eigenvalue weighted by molar-refractivity contribution is -0.385. The molecule has 2 heterocycles. The molecule has 1 saturated heterocycles. The van der Waals surface area contributed by atoms with Crippen LogP contribution in [0.5, 0.6) is 5.88 Å². The van der Waals surface area contributed by atoms with Crippen molar-refractivity contribution >= 4 is 11.6 Å². The number of ether oxygens (including phenoxy) is 2. The Kier molecular flexibility index (Phi) is 4.51. The SMILES string of the molecule is COc1nn(CC(=O)NCC2CCCO2)cc1[N+](=O)[O-]. The smallest absolute Gasteiger partial charge is 0.350 e. The van der Waals surface area contributed by atoms with Gasteiger partial charge in [0.15, 0.2) is 0 Å². The van der Waals surface area contributed by atoms with Crippen molar-refractivity contribution in [1.82, 2.24) is 15.1 Å². The summed E-state index contributed by atoms with van der Waals surface area (Å²) in [5, 5.41) is 17.3. The van der Waals surface area contributed by atoms with Crippen molar-refractivity contribution < 1.29 is 19.2 Å². The lowest BCUT2D eigenvalue weighted by Gasteiger charge is -2.10. The molecule has 1 fully saturated rings. The molecule has 0 saturated carbocycles. The number of amides is 1. The third-order valence-electron chi connectivity index (χ3n) is 2.96. The minimum Gasteiger partial charge on any atom is -0.475 e. The molecule has 1 unspecified atom stereocenters. The minimum absolute atomic E-state index is 0.0560. The fraction of sp³-hybridized carbons (Fsp3) is 0.636. The van der Waals surface area contributed by atoms with Gasteiger partial charge in [-0.3, -0.25) is 19.6 Å². The summed E-state index contributed by atoms with van der Waals surface area (Å²) in [6.45, 7) is 1.07. The fourth-order valence-corrected chi connectivity index (χ4v) is 1.98. The zero-order valence-electron chi connectivity index (χ0n) is 11.1. The van der Waals surface area contributed by atoms with E-state index in [2.05, 4.69) is 10.4 Å². The van der Waals surface area contributed by atoms with Crippen LogP contribution in [0, 0.1) is 10.1 Å². The minimum atomic E-state index is -0.605. The van der Waals surface area contributed by atoms with Crippen molar-refractivity contribution in [1.29, 1.82) is 0 Å². The molecule has 0 bridgehead atoms. The monoisotopic (exact) mass is 284 g/mol. The zero-order valence-corrected chi connectivity index (χ0v) is 11.1. The number of carbonyl (C=O) groups is 1. The second-order valence-electron chi connectivity index (χ2n) is 4.42. The molecule has 1 aliphatic heterocycles. The van der Waals surface area contributed by atoms with Gasteiger partial charge in [-0.25, -0.2) is 0 Å². The quantitative estimate of drug-likeness (QED) is 0.586. The van der Waals surface area contributed by atoms with Crippen molar-refractivity contribution in [2.24, 2.45) is 0 Å². The number of rotatable bonds is 6. The van der Waals surface area contributed by atoms with Crippen LogP contribution in [0.3, 0.4) is 0 Å². The summed E-state index contributed by atoms with van der Waals surface area (Å²) in [5.74, 6) is -0.387. The highest BCUT2D eigenvalue weighted by Gasteiger charge is 2.21. The van der Waals surface area contributed by atoms with E-state index in [1.165, 1.54) is 18.0 Å². The lowest BCUT2D eigenvalue weighted by Crippen LogP contribution is -2.34. The first kappa shape index (κ1) is 14.3. The first-order valence-corrected chi connectivity index (χ1v) is 6.24. The molecule has 1 aromatic rings. The number of hydrogen-bond donors (Lipinski definition) is 1. The third kappa shape index (κ3) is 3.44. The van der Waals surface area contributed by atoms with Gasteiger partial charge in [-0.15, -0.1) is 5.10 Å². The average molecular weight is 284 g/mol. The highest BCUT2D eigenvalue weighted by molar-refractivity contribution is 5.75. The molecule has 1 atom stereocenters. The number of nitrogens with zero attached hydrogens (tertiary/aromatic N) is 3. The standard InChI is InChI=1S/C11H16N4O5/c1-19-11-9(15(17)18)6-14(13-11)7-10(16)12-5-8-3-2-4-20-8/h6,8H,2-5,7H2,1H3,(H,12,16).